The highest BCUT2D eigenvalue weighted by Gasteiger charge is 2.31. The van der Waals surface area contributed by atoms with Crippen LogP contribution in [0.4, 0.5) is 0 Å². The van der Waals surface area contributed by atoms with Crippen LogP contribution < -0.4 is 27.4 Å². The van der Waals surface area contributed by atoms with Crippen molar-refractivity contribution in [3.8, 4) is 0 Å². The van der Waals surface area contributed by atoms with Crippen molar-refractivity contribution < 1.29 is 29.4 Å². The molecule has 0 saturated heterocycles. The maximum atomic E-state index is 12.6. The van der Waals surface area contributed by atoms with Crippen molar-refractivity contribution >= 4 is 35.5 Å². The number of carboxylic acids is 1. The fourth-order valence-corrected chi connectivity index (χ4v) is 2.90. The number of thioether (sulfide) groups is 1. The molecule has 168 valence electrons. The van der Waals surface area contributed by atoms with Gasteiger partial charge in [-0.15, -0.1) is 0 Å². The first-order valence-corrected chi connectivity index (χ1v) is 10.8. The monoisotopic (exact) mass is 435 g/mol. The summed E-state index contributed by atoms with van der Waals surface area (Å²) in [5, 5.41) is 26.4. The second kappa shape index (κ2) is 15.0. The van der Waals surface area contributed by atoms with E-state index in [2.05, 4.69) is 16.0 Å². The van der Waals surface area contributed by atoms with Gasteiger partial charge in [0.2, 0.25) is 17.7 Å². The Labute approximate surface area is 174 Å². The smallest absolute Gasteiger partial charge is 0.326 e. The Morgan fingerprint density at radius 3 is 2.10 bits per heavy atom. The van der Waals surface area contributed by atoms with Gasteiger partial charge in [-0.25, -0.2) is 4.79 Å². The number of hydrogen-bond donors (Lipinski definition) is 7. The zero-order valence-electron chi connectivity index (χ0n) is 16.8. The van der Waals surface area contributed by atoms with Gasteiger partial charge in [0.05, 0.1) is 12.6 Å². The fraction of sp³-hybridized carbons (Fsp3) is 0.765. The number of aliphatic hydroxyl groups excluding tert-OH is 1. The first-order chi connectivity index (χ1) is 13.7. The standard InChI is InChI=1S/C17H33N5O6S/c1-10(23)14(16(26)21-12(17(27)28)6-8-29-2)22-15(25)11(5-3-4-7-18)20-13(24)9-19/h10-12,14,23H,3-9,18-19H2,1-2H3,(H,20,24)(H,21,26)(H,22,25)(H,27,28). The molecular formula is C17H33N5O6S. The number of nitrogens with one attached hydrogen (secondary N) is 3. The van der Waals surface area contributed by atoms with Crippen LogP contribution in [0.1, 0.15) is 32.6 Å². The summed E-state index contributed by atoms with van der Waals surface area (Å²) in [6, 6.07) is -3.49. The first kappa shape index (κ1) is 27.1. The highest BCUT2D eigenvalue weighted by Crippen LogP contribution is 2.05. The van der Waals surface area contributed by atoms with Crippen LogP contribution in [0.3, 0.4) is 0 Å². The number of amides is 3. The minimum absolute atomic E-state index is 0.191. The quantitative estimate of drug-likeness (QED) is 0.139. The van der Waals surface area contributed by atoms with Crippen molar-refractivity contribution in [3.63, 3.8) is 0 Å². The van der Waals surface area contributed by atoms with Gasteiger partial charge >= 0.3 is 5.97 Å². The Morgan fingerprint density at radius 1 is 0.966 bits per heavy atom. The minimum Gasteiger partial charge on any atom is -0.480 e. The molecular weight excluding hydrogens is 402 g/mol. The molecule has 0 bridgehead atoms. The van der Waals surface area contributed by atoms with E-state index in [9.17, 15) is 29.4 Å². The average molecular weight is 436 g/mol. The van der Waals surface area contributed by atoms with Crippen LogP contribution in [0.5, 0.6) is 0 Å². The zero-order valence-corrected chi connectivity index (χ0v) is 17.7. The highest BCUT2D eigenvalue weighted by atomic mass is 32.2. The summed E-state index contributed by atoms with van der Waals surface area (Å²) in [6.45, 7) is 1.41. The van der Waals surface area contributed by atoms with Crippen LogP contribution in [0.25, 0.3) is 0 Å². The van der Waals surface area contributed by atoms with Crippen molar-refractivity contribution in [2.75, 3.05) is 25.1 Å². The van der Waals surface area contributed by atoms with Gasteiger partial charge in [0.25, 0.3) is 0 Å². The molecule has 12 heteroatoms. The van der Waals surface area contributed by atoms with Gasteiger partial charge in [0, 0.05) is 0 Å². The summed E-state index contributed by atoms with van der Waals surface area (Å²) in [5.41, 5.74) is 10.7. The Morgan fingerprint density at radius 2 is 1.62 bits per heavy atom. The SMILES string of the molecule is CSCCC(NC(=O)C(NC(=O)C(CCCCN)NC(=O)CN)C(C)O)C(=O)O. The van der Waals surface area contributed by atoms with Crippen LogP contribution in [-0.2, 0) is 19.2 Å². The number of carbonyl (C=O) groups is 4. The van der Waals surface area contributed by atoms with Gasteiger partial charge in [-0.05, 0) is 51.2 Å². The highest BCUT2D eigenvalue weighted by molar-refractivity contribution is 7.98. The van der Waals surface area contributed by atoms with Crippen LogP contribution in [0.15, 0.2) is 0 Å². The molecule has 0 saturated carbocycles. The maximum absolute atomic E-state index is 12.6. The molecule has 11 nitrogen and oxygen atoms in total. The summed E-state index contributed by atoms with van der Waals surface area (Å²) < 4.78 is 0. The molecule has 0 aliphatic heterocycles. The molecule has 0 aromatic rings. The molecule has 29 heavy (non-hydrogen) atoms. The third-order valence-electron chi connectivity index (χ3n) is 4.07. The Hall–Kier alpha value is -1.89. The molecule has 9 N–H and O–H groups in total. The molecule has 0 rings (SSSR count). The lowest BCUT2D eigenvalue weighted by atomic mass is 10.1. The van der Waals surface area contributed by atoms with Gasteiger partial charge in [0.1, 0.15) is 18.1 Å². The van der Waals surface area contributed by atoms with Gasteiger partial charge in [-0.2, -0.15) is 11.8 Å². The van der Waals surface area contributed by atoms with E-state index in [0.29, 0.717) is 25.1 Å². The average Bonchev–Trinajstić information content (AvgIpc) is 2.67. The van der Waals surface area contributed by atoms with E-state index in [1.54, 1.807) is 6.26 Å². The molecule has 0 aliphatic rings. The van der Waals surface area contributed by atoms with E-state index in [4.69, 9.17) is 11.5 Å². The number of nitrogens with two attached hydrogens (primary N) is 2. The number of aliphatic hydroxyl groups is 1. The van der Waals surface area contributed by atoms with Crippen molar-refractivity contribution in [3.05, 3.63) is 0 Å². The number of carbonyl (C=O) groups excluding carboxylic acids is 3. The summed E-state index contributed by atoms with van der Waals surface area (Å²) in [6.07, 6.45) is 2.17. The van der Waals surface area contributed by atoms with E-state index < -0.39 is 47.9 Å². The lowest BCUT2D eigenvalue weighted by Crippen LogP contribution is -2.59. The largest absolute Gasteiger partial charge is 0.480 e. The number of aliphatic carboxylic acids is 1. The molecule has 0 radical (unpaired) electrons. The molecule has 4 atom stereocenters. The lowest BCUT2D eigenvalue weighted by molar-refractivity contribution is -0.143. The molecule has 0 fully saturated rings. The number of carboxylic acid groups (broad SMARTS) is 1. The summed E-state index contributed by atoms with van der Waals surface area (Å²) in [4.78, 5) is 48.0. The van der Waals surface area contributed by atoms with Crippen LogP contribution in [0.2, 0.25) is 0 Å². The molecule has 0 heterocycles. The predicted molar refractivity (Wildman–Crippen MR) is 110 cm³/mol. The molecule has 4 unspecified atom stereocenters. The summed E-state index contributed by atoms with van der Waals surface area (Å²) in [7, 11) is 0. The molecule has 0 spiro atoms. The Balaban J connectivity index is 5.18. The van der Waals surface area contributed by atoms with E-state index in [1.807, 2.05) is 0 Å². The second-order valence-electron chi connectivity index (χ2n) is 6.52. The Bertz CT molecular complexity index is 548. The van der Waals surface area contributed by atoms with E-state index in [-0.39, 0.29) is 19.4 Å². The van der Waals surface area contributed by atoms with Crippen molar-refractivity contribution in [1.29, 1.82) is 0 Å². The predicted octanol–water partition coefficient (Wildman–Crippen LogP) is -2.25. The van der Waals surface area contributed by atoms with Crippen molar-refractivity contribution in [1.82, 2.24) is 16.0 Å². The summed E-state index contributed by atoms with van der Waals surface area (Å²) >= 11 is 1.43. The maximum Gasteiger partial charge on any atom is 0.326 e. The van der Waals surface area contributed by atoms with E-state index in [1.165, 1.54) is 18.7 Å². The van der Waals surface area contributed by atoms with E-state index in [0.717, 1.165) is 0 Å². The Kier molecular flexibility index (Phi) is 14.0. The molecule has 0 aromatic heterocycles. The lowest BCUT2D eigenvalue weighted by Gasteiger charge is -2.26. The van der Waals surface area contributed by atoms with Crippen LogP contribution >= 0.6 is 11.8 Å². The van der Waals surface area contributed by atoms with Crippen LogP contribution in [0, 0.1) is 0 Å². The minimum atomic E-state index is -1.38. The van der Waals surface area contributed by atoms with Crippen molar-refractivity contribution in [2.45, 2.75) is 56.8 Å². The third kappa shape index (κ3) is 11.0. The molecule has 3 amide bonds. The molecule has 0 aliphatic carbocycles. The molecule has 0 aromatic carbocycles. The normalized spacial score (nSPS) is 14.9. The third-order valence-corrected chi connectivity index (χ3v) is 4.72. The second-order valence-corrected chi connectivity index (χ2v) is 7.50. The van der Waals surface area contributed by atoms with Gasteiger partial charge in [0.15, 0.2) is 0 Å². The zero-order chi connectivity index (χ0) is 22.4. The van der Waals surface area contributed by atoms with Gasteiger partial charge in [-0.3, -0.25) is 14.4 Å². The summed E-state index contributed by atoms with van der Waals surface area (Å²) in [5.74, 6) is -2.75. The van der Waals surface area contributed by atoms with Gasteiger partial charge < -0.3 is 37.6 Å². The number of rotatable bonds is 15. The van der Waals surface area contributed by atoms with Gasteiger partial charge in [-0.1, -0.05) is 0 Å². The topological polar surface area (TPSA) is 197 Å². The van der Waals surface area contributed by atoms with Crippen molar-refractivity contribution in [2.24, 2.45) is 11.5 Å². The van der Waals surface area contributed by atoms with E-state index >= 15 is 0 Å². The van der Waals surface area contributed by atoms with Crippen LogP contribution in [-0.4, -0.2) is 83.2 Å². The fourth-order valence-electron chi connectivity index (χ4n) is 2.43. The number of hydrogen-bond acceptors (Lipinski definition) is 8. The first-order valence-electron chi connectivity index (χ1n) is 9.37. The number of unbranched alkanes of at least 4 members (excludes halogenated alkanes) is 1.